The summed E-state index contributed by atoms with van der Waals surface area (Å²) in [6.07, 6.45) is 0. The van der Waals surface area contributed by atoms with E-state index in [0.717, 1.165) is 16.0 Å². The van der Waals surface area contributed by atoms with E-state index in [4.69, 9.17) is 4.74 Å². The molecule has 3 aromatic rings. The summed E-state index contributed by atoms with van der Waals surface area (Å²) < 4.78 is 20.2. The van der Waals surface area contributed by atoms with E-state index in [1.165, 1.54) is 18.2 Å². The number of ether oxygens (including phenoxy) is 1. The van der Waals surface area contributed by atoms with Crippen molar-refractivity contribution in [3.05, 3.63) is 94.9 Å². The van der Waals surface area contributed by atoms with E-state index in [1.54, 1.807) is 24.3 Å². The zero-order chi connectivity index (χ0) is 22.8. The van der Waals surface area contributed by atoms with E-state index >= 15 is 0 Å². The maximum atomic E-state index is 14.6. The van der Waals surface area contributed by atoms with Crippen LogP contribution in [0.1, 0.15) is 23.6 Å². The Balaban J connectivity index is 1.88. The van der Waals surface area contributed by atoms with Gasteiger partial charge in [-0.25, -0.2) is 9.29 Å². The largest absolute Gasteiger partial charge is 0.492 e. The number of amides is 2. The van der Waals surface area contributed by atoms with Crippen molar-refractivity contribution in [3.63, 3.8) is 0 Å². The molecule has 5 nitrogen and oxygen atoms in total. The van der Waals surface area contributed by atoms with Crippen molar-refractivity contribution >= 4 is 28.8 Å². The van der Waals surface area contributed by atoms with Gasteiger partial charge in [0.05, 0.1) is 23.6 Å². The van der Waals surface area contributed by atoms with Gasteiger partial charge < -0.3 is 10.1 Å². The van der Waals surface area contributed by atoms with E-state index in [-0.39, 0.29) is 17.0 Å². The fourth-order valence-corrected chi connectivity index (χ4v) is 3.83. The normalized spacial score (nSPS) is 13.7. The minimum absolute atomic E-state index is 0.0809. The number of halogens is 1. The molecule has 0 aliphatic carbocycles. The molecule has 0 radical (unpaired) electrons. The third-order valence-corrected chi connectivity index (χ3v) is 5.28. The summed E-state index contributed by atoms with van der Waals surface area (Å²) in [6, 6.07) is 18.5. The van der Waals surface area contributed by atoms with Crippen molar-refractivity contribution in [2.45, 2.75) is 20.8 Å². The van der Waals surface area contributed by atoms with Crippen LogP contribution >= 0.6 is 0 Å². The lowest BCUT2D eigenvalue weighted by atomic mass is 9.97. The van der Waals surface area contributed by atoms with Crippen LogP contribution in [0.25, 0.3) is 5.57 Å². The molecule has 0 bridgehead atoms. The van der Waals surface area contributed by atoms with Crippen molar-refractivity contribution in [2.24, 2.45) is 0 Å². The first-order valence-corrected chi connectivity index (χ1v) is 10.4. The molecule has 0 saturated carbocycles. The van der Waals surface area contributed by atoms with Crippen LogP contribution in [0.4, 0.5) is 15.8 Å². The number of nitrogens with one attached hydrogen (secondary N) is 1. The number of aryl methyl sites for hydroxylation is 2. The lowest BCUT2D eigenvalue weighted by molar-refractivity contribution is -0.120. The molecule has 3 aromatic carbocycles. The van der Waals surface area contributed by atoms with Gasteiger partial charge in [-0.15, -0.1) is 0 Å². The third-order valence-electron chi connectivity index (χ3n) is 5.28. The van der Waals surface area contributed by atoms with Crippen LogP contribution in [0.15, 0.2) is 72.4 Å². The molecule has 4 rings (SSSR count). The quantitative estimate of drug-likeness (QED) is 0.544. The number of carbonyl (C=O) groups excluding carboxylic acids is 2. The maximum Gasteiger partial charge on any atom is 0.282 e. The van der Waals surface area contributed by atoms with Crippen molar-refractivity contribution in [1.29, 1.82) is 0 Å². The molecule has 0 unspecified atom stereocenters. The highest BCUT2D eigenvalue weighted by Crippen LogP contribution is 2.37. The molecule has 2 amide bonds. The lowest BCUT2D eigenvalue weighted by Crippen LogP contribution is -2.33. The molecule has 0 atom stereocenters. The van der Waals surface area contributed by atoms with E-state index in [2.05, 4.69) is 5.32 Å². The Bertz CT molecular complexity index is 1250. The van der Waals surface area contributed by atoms with Gasteiger partial charge >= 0.3 is 0 Å². The summed E-state index contributed by atoms with van der Waals surface area (Å²) in [5.41, 5.74) is 3.23. The van der Waals surface area contributed by atoms with Crippen molar-refractivity contribution in [1.82, 2.24) is 0 Å². The van der Waals surface area contributed by atoms with Crippen LogP contribution in [-0.2, 0) is 9.59 Å². The summed E-state index contributed by atoms with van der Waals surface area (Å²) in [7, 11) is 0. The smallest absolute Gasteiger partial charge is 0.282 e. The Labute approximate surface area is 186 Å². The summed E-state index contributed by atoms with van der Waals surface area (Å²) in [4.78, 5) is 27.9. The van der Waals surface area contributed by atoms with Gasteiger partial charge in [0.15, 0.2) is 0 Å². The molecule has 1 aliphatic rings. The zero-order valence-corrected chi connectivity index (χ0v) is 18.1. The number of hydrogen-bond donors (Lipinski definition) is 1. The monoisotopic (exact) mass is 430 g/mol. The van der Waals surface area contributed by atoms with Gasteiger partial charge in [-0.2, -0.15) is 0 Å². The van der Waals surface area contributed by atoms with Crippen LogP contribution in [0.3, 0.4) is 0 Å². The predicted octanol–water partition coefficient (Wildman–Crippen LogP) is 5.24. The second-order valence-corrected chi connectivity index (χ2v) is 7.52. The summed E-state index contributed by atoms with van der Waals surface area (Å²) in [5.74, 6) is -1.30. The van der Waals surface area contributed by atoms with Gasteiger partial charge in [0.2, 0.25) is 0 Å². The van der Waals surface area contributed by atoms with Crippen molar-refractivity contribution in [2.75, 3.05) is 16.8 Å². The molecule has 1 heterocycles. The topological polar surface area (TPSA) is 58.6 Å². The number of para-hydroxylation sites is 3. The fraction of sp³-hybridized carbons (Fsp3) is 0.154. The number of benzene rings is 3. The highest BCUT2D eigenvalue weighted by Gasteiger charge is 2.41. The number of hydrogen-bond acceptors (Lipinski definition) is 4. The SMILES string of the molecule is CCOc1ccccc1NC1=C(c2ccc(C)cc2C)C(=O)N(c2ccccc2F)C1=O. The van der Waals surface area contributed by atoms with Crippen LogP contribution in [-0.4, -0.2) is 18.4 Å². The Morgan fingerprint density at radius 3 is 2.38 bits per heavy atom. The van der Waals surface area contributed by atoms with Gasteiger partial charge in [-0.3, -0.25) is 9.59 Å². The Morgan fingerprint density at radius 1 is 0.938 bits per heavy atom. The molecule has 6 heteroatoms. The number of imide groups is 1. The van der Waals surface area contributed by atoms with E-state index < -0.39 is 17.6 Å². The summed E-state index contributed by atoms with van der Waals surface area (Å²) in [6.45, 7) is 6.14. The number of carbonyl (C=O) groups is 2. The van der Waals surface area contributed by atoms with E-state index in [9.17, 15) is 14.0 Å². The predicted molar refractivity (Wildman–Crippen MR) is 123 cm³/mol. The summed E-state index contributed by atoms with van der Waals surface area (Å²) in [5, 5.41) is 3.10. The minimum Gasteiger partial charge on any atom is -0.492 e. The number of nitrogens with zero attached hydrogens (tertiary/aromatic N) is 1. The van der Waals surface area contributed by atoms with Crippen molar-refractivity contribution < 1.29 is 18.7 Å². The maximum absolute atomic E-state index is 14.6. The fourth-order valence-electron chi connectivity index (χ4n) is 3.83. The first kappa shape index (κ1) is 21.3. The highest BCUT2D eigenvalue weighted by atomic mass is 19.1. The molecular formula is C26H23FN2O3. The molecule has 1 aliphatic heterocycles. The average Bonchev–Trinajstić information content (AvgIpc) is 3.00. The minimum atomic E-state index is -0.648. The number of anilines is 2. The van der Waals surface area contributed by atoms with Gasteiger partial charge in [-0.1, -0.05) is 48.0 Å². The Morgan fingerprint density at radius 2 is 1.66 bits per heavy atom. The molecule has 32 heavy (non-hydrogen) atoms. The van der Waals surface area contributed by atoms with E-state index in [0.29, 0.717) is 23.6 Å². The standard InChI is InChI=1S/C26H23FN2O3/c1-4-32-22-12-8-6-10-20(22)28-24-23(18-14-13-16(2)15-17(18)3)25(30)29(26(24)31)21-11-7-5-9-19(21)27/h5-15,28H,4H2,1-3H3. The van der Waals surface area contributed by atoms with Crippen LogP contribution < -0.4 is 15.0 Å². The second-order valence-electron chi connectivity index (χ2n) is 7.52. The molecule has 1 N–H and O–H groups in total. The van der Waals surface area contributed by atoms with Gasteiger partial charge in [0.1, 0.15) is 17.3 Å². The molecular weight excluding hydrogens is 407 g/mol. The van der Waals surface area contributed by atoms with E-state index in [1.807, 2.05) is 45.0 Å². The Hall–Kier alpha value is -3.93. The molecule has 0 saturated heterocycles. The molecule has 0 fully saturated rings. The van der Waals surface area contributed by atoms with Crippen LogP contribution in [0.2, 0.25) is 0 Å². The van der Waals surface area contributed by atoms with Crippen molar-refractivity contribution in [3.8, 4) is 5.75 Å². The summed E-state index contributed by atoms with van der Waals surface area (Å²) >= 11 is 0. The number of rotatable bonds is 6. The zero-order valence-electron chi connectivity index (χ0n) is 18.1. The van der Waals surface area contributed by atoms with Crippen LogP contribution in [0, 0.1) is 19.7 Å². The molecule has 0 spiro atoms. The Kier molecular flexibility index (Phi) is 5.77. The molecule has 162 valence electrons. The lowest BCUT2D eigenvalue weighted by Gasteiger charge is -2.16. The molecule has 0 aromatic heterocycles. The highest BCUT2D eigenvalue weighted by molar-refractivity contribution is 6.46. The van der Waals surface area contributed by atoms with Gasteiger partial charge in [-0.05, 0) is 56.2 Å². The first-order chi connectivity index (χ1) is 15.4. The van der Waals surface area contributed by atoms with Gasteiger partial charge in [0, 0.05) is 0 Å². The average molecular weight is 430 g/mol. The second kappa shape index (κ2) is 8.67. The van der Waals surface area contributed by atoms with Gasteiger partial charge in [0.25, 0.3) is 11.8 Å². The van der Waals surface area contributed by atoms with Crippen LogP contribution in [0.5, 0.6) is 5.75 Å². The first-order valence-electron chi connectivity index (χ1n) is 10.4. The third kappa shape index (κ3) is 3.75.